The number of carbonyl (C=O) groups excluding carboxylic acids is 1. The van der Waals surface area contributed by atoms with Crippen LogP contribution in [0.1, 0.15) is 22.1 Å². The van der Waals surface area contributed by atoms with E-state index in [0.717, 1.165) is 16.6 Å². The van der Waals surface area contributed by atoms with E-state index in [4.69, 9.17) is 11.6 Å². The molecule has 2 aromatic heterocycles. The first kappa shape index (κ1) is 16.1. The van der Waals surface area contributed by atoms with E-state index < -0.39 is 0 Å². The zero-order chi connectivity index (χ0) is 17.4. The van der Waals surface area contributed by atoms with Gasteiger partial charge in [0.1, 0.15) is 5.69 Å². The molecule has 0 radical (unpaired) electrons. The fraction of sp³-hybridized carbons (Fsp3) is 0.263. The molecule has 128 valence electrons. The average Bonchev–Trinajstić information content (AvgIpc) is 3.25. The summed E-state index contributed by atoms with van der Waals surface area (Å²) in [6, 6.07) is 13.1. The van der Waals surface area contributed by atoms with Crippen LogP contribution < -0.4 is 0 Å². The van der Waals surface area contributed by atoms with Crippen molar-refractivity contribution < 1.29 is 9.90 Å². The van der Waals surface area contributed by atoms with Crippen molar-refractivity contribution in [1.82, 2.24) is 14.9 Å². The average molecular weight is 356 g/mol. The molecular formula is C19H18ClN3O2. The Kier molecular flexibility index (Phi) is 4.19. The number of aromatic nitrogens is 2. The summed E-state index contributed by atoms with van der Waals surface area (Å²) in [5.41, 5.74) is 2.34. The minimum Gasteiger partial charge on any atom is -0.396 e. The second-order valence-electron chi connectivity index (χ2n) is 6.43. The van der Waals surface area contributed by atoms with E-state index in [1.807, 2.05) is 36.4 Å². The van der Waals surface area contributed by atoms with Crippen LogP contribution in [-0.4, -0.2) is 45.6 Å². The molecule has 1 fully saturated rings. The van der Waals surface area contributed by atoms with Gasteiger partial charge in [-0.3, -0.25) is 9.78 Å². The van der Waals surface area contributed by atoms with Crippen LogP contribution >= 0.6 is 11.6 Å². The predicted octanol–water partition coefficient (Wildman–Crippen LogP) is 3.06. The minimum atomic E-state index is -0.0656. The molecule has 25 heavy (non-hydrogen) atoms. The van der Waals surface area contributed by atoms with E-state index in [0.29, 0.717) is 23.8 Å². The number of nitrogens with zero attached hydrogens (tertiary/aromatic N) is 2. The van der Waals surface area contributed by atoms with Crippen LogP contribution in [0.15, 0.2) is 48.7 Å². The number of amides is 1. The first-order valence-electron chi connectivity index (χ1n) is 8.25. The number of benzene rings is 1. The Morgan fingerprint density at radius 2 is 2.16 bits per heavy atom. The maximum absolute atomic E-state index is 12.9. The van der Waals surface area contributed by atoms with Gasteiger partial charge in [-0.25, -0.2) is 0 Å². The number of likely N-dealkylation sites (tertiary alicyclic amines) is 1. The maximum atomic E-state index is 12.9. The van der Waals surface area contributed by atoms with E-state index in [1.165, 1.54) is 0 Å². The van der Waals surface area contributed by atoms with Crippen LogP contribution in [0.25, 0.3) is 10.9 Å². The Morgan fingerprint density at radius 1 is 1.28 bits per heavy atom. The Bertz CT molecular complexity index is 909. The lowest BCUT2D eigenvalue weighted by atomic mass is 9.93. The number of hydrogen-bond acceptors (Lipinski definition) is 3. The molecule has 0 bridgehead atoms. The van der Waals surface area contributed by atoms with Crippen molar-refractivity contribution >= 4 is 28.4 Å². The van der Waals surface area contributed by atoms with Crippen molar-refractivity contribution in [2.45, 2.75) is 5.92 Å². The monoisotopic (exact) mass is 355 g/mol. The highest BCUT2D eigenvalue weighted by Crippen LogP contribution is 2.32. The predicted molar refractivity (Wildman–Crippen MR) is 96.8 cm³/mol. The molecule has 6 heteroatoms. The van der Waals surface area contributed by atoms with Gasteiger partial charge in [0.05, 0.1) is 0 Å². The molecule has 2 unspecified atom stereocenters. The molecule has 4 rings (SSSR count). The van der Waals surface area contributed by atoms with Crippen LogP contribution in [0.4, 0.5) is 0 Å². The van der Waals surface area contributed by atoms with Gasteiger partial charge in [-0.05, 0) is 36.4 Å². The lowest BCUT2D eigenvalue weighted by Crippen LogP contribution is -2.29. The van der Waals surface area contributed by atoms with Gasteiger partial charge in [0.2, 0.25) is 0 Å². The fourth-order valence-corrected chi connectivity index (χ4v) is 3.72. The highest BCUT2D eigenvalue weighted by atomic mass is 35.5. The minimum absolute atomic E-state index is 0.00215. The number of nitrogens with one attached hydrogen (secondary N) is 1. The second-order valence-corrected chi connectivity index (χ2v) is 6.86. The van der Waals surface area contributed by atoms with Gasteiger partial charge in [0.15, 0.2) is 0 Å². The molecule has 1 aliphatic heterocycles. The van der Waals surface area contributed by atoms with Gasteiger partial charge in [-0.15, -0.1) is 0 Å². The van der Waals surface area contributed by atoms with Crippen LogP contribution in [0.2, 0.25) is 5.02 Å². The Labute approximate surface area is 150 Å². The number of carbonyl (C=O) groups is 1. The third-order valence-corrected chi connectivity index (χ3v) is 5.08. The number of fused-ring (bicyclic) bond motifs is 1. The largest absolute Gasteiger partial charge is 0.396 e. The number of H-pyrrole nitrogens is 1. The molecule has 0 saturated carbocycles. The normalized spacial score (nSPS) is 20.3. The zero-order valence-corrected chi connectivity index (χ0v) is 14.3. The highest BCUT2D eigenvalue weighted by molar-refractivity contribution is 6.31. The van der Waals surface area contributed by atoms with Crippen molar-refractivity contribution in [3.63, 3.8) is 0 Å². The van der Waals surface area contributed by atoms with Gasteiger partial charge in [-0.2, -0.15) is 0 Å². The van der Waals surface area contributed by atoms with E-state index in [2.05, 4.69) is 9.97 Å². The lowest BCUT2D eigenvalue weighted by molar-refractivity contribution is 0.0776. The first-order valence-corrected chi connectivity index (χ1v) is 8.63. The van der Waals surface area contributed by atoms with E-state index in [1.54, 1.807) is 17.2 Å². The maximum Gasteiger partial charge on any atom is 0.270 e. The van der Waals surface area contributed by atoms with Crippen molar-refractivity contribution in [3.8, 4) is 0 Å². The number of halogens is 1. The van der Waals surface area contributed by atoms with Crippen molar-refractivity contribution in [1.29, 1.82) is 0 Å². The molecule has 1 amide bonds. The summed E-state index contributed by atoms with van der Waals surface area (Å²) in [5.74, 6) is -0.0177. The molecule has 2 atom stereocenters. The number of aliphatic hydroxyl groups excluding tert-OH is 1. The van der Waals surface area contributed by atoms with Gasteiger partial charge < -0.3 is 15.0 Å². The quantitative estimate of drug-likeness (QED) is 0.758. The van der Waals surface area contributed by atoms with Crippen molar-refractivity contribution in [2.75, 3.05) is 19.7 Å². The standard InChI is InChI=1S/C19H18ClN3O2/c20-14-4-5-16-12(7-14)8-18(22-16)19(25)23-9-13(11-24)15(10-23)17-3-1-2-6-21-17/h1-8,13,15,22,24H,9-11H2. The molecule has 0 aliphatic carbocycles. The highest BCUT2D eigenvalue weighted by Gasteiger charge is 2.37. The summed E-state index contributed by atoms with van der Waals surface area (Å²) >= 11 is 6.02. The number of aliphatic hydroxyl groups is 1. The second kappa shape index (κ2) is 6.50. The molecule has 3 heterocycles. The Balaban J connectivity index is 1.59. The third kappa shape index (κ3) is 3.01. The molecule has 1 saturated heterocycles. The summed E-state index contributed by atoms with van der Waals surface area (Å²) in [7, 11) is 0. The number of pyridine rings is 1. The van der Waals surface area contributed by atoms with E-state index in [9.17, 15) is 9.90 Å². The lowest BCUT2D eigenvalue weighted by Gasteiger charge is -2.15. The molecule has 2 N–H and O–H groups in total. The summed E-state index contributed by atoms with van der Waals surface area (Å²) in [4.78, 5) is 22.2. The van der Waals surface area contributed by atoms with Gasteiger partial charge in [-0.1, -0.05) is 17.7 Å². The van der Waals surface area contributed by atoms with Gasteiger partial charge >= 0.3 is 0 Å². The zero-order valence-electron chi connectivity index (χ0n) is 13.5. The van der Waals surface area contributed by atoms with Crippen LogP contribution in [0, 0.1) is 5.92 Å². The summed E-state index contributed by atoms with van der Waals surface area (Å²) in [6.45, 7) is 1.11. The Morgan fingerprint density at radius 3 is 2.92 bits per heavy atom. The first-order chi connectivity index (χ1) is 12.2. The number of hydrogen-bond donors (Lipinski definition) is 2. The topological polar surface area (TPSA) is 69.2 Å². The molecule has 5 nitrogen and oxygen atoms in total. The van der Waals surface area contributed by atoms with Gasteiger partial charge in [0, 0.05) is 59.3 Å². The van der Waals surface area contributed by atoms with Crippen molar-refractivity contribution in [3.05, 3.63) is 65.1 Å². The van der Waals surface area contributed by atoms with Crippen LogP contribution in [-0.2, 0) is 0 Å². The fourth-order valence-electron chi connectivity index (χ4n) is 3.54. The third-order valence-electron chi connectivity index (χ3n) is 4.84. The van der Waals surface area contributed by atoms with Crippen LogP contribution in [0.5, 0.6) is 0 Å². The molecule has 3 aromatic rings. The SMILES string of the molecule is O=C(c1cc2cc(Cl)ccc2[nH]1)N1CC(CO)C(c2ccccn2)C1. The van der Waals surface area contributed by atoms with Gasteiger partial charge in [0.25, 0.3) is 5.91 Å². The summed E-state index contributed by atoms with van der Waals surface area (Å²) < 4.78 is 0. The van der Waals surface area contributed by atoms with E-state index in [-0.39, 0.29) is 24.3 Å². The molecular weight excluding hydrogens is 338 g/mol. The number of rotatable bonds is 3. The summed E-state index contributed by atoms with van der Waals surface area (Å²) in [6.07, 6.45) is 1.75. The van der Waals surface area contributed by atoms with Crippen molar-refractivity contribution in [2.24, 2.45) is 5.92 Å². The van der Waals surface area contributed by atoms with Crippen LogP contribution in [0.3, 0.4) is 0 Å². The summed E-state index contributed by atoms with van der Waals surface area (Å²) in [5, 5.41) is 11.3. The Hall–Kier alpha value is -2.37. The molecule has 1 aromatic carbocycles. The molecule has 1 aliphatic rings. The smallest absolute Gasteiger partial charge is 0.270 e. The molecule has 0 spiro atoms. The number of aromatic amines is 1. The van der Waals surface area contributed by atoms with E-state index >= 15 is 0 Å².